The molecule has 6 N–H and O–H groups in total. The molecule has 1 unspecified atom stereocenters. The van der Waals surface area contributed by atoms with Gasteiger partial charge in [0.05, 0.1) is 0 Å². The summed E-state index contributed by atoms with van der Waals surface area (Å²) >= 11 is 6.23. The standard InChI is InChI=1S/C14H12ClF2N5/c15-10-6-8(14(19)20-13(18)21-22-14)2-3-9(10)7-1-4-11(16)12(17)5-7/h1-6,22H,19H2,(H3,18,20,21). The maximum absolute atomic E-state index is 13.3. The minimum absolute atomic E-state index is 0.156. The summed E-state index contributed by atoms with van der Waals surface area (Å²) in [4.78, 5) is 4.04. The van der Waals surface area contributed by atoms with Crippen LogP contribution >= 0.6 is 11.6 Å². The normalized spacial score (nSPS) is 20.6. The first kappa shape index (κ1) is 14.7. The smallest absolute Gasteiger partial charge is 0.209 e. The molecule has 0 bridgehead atoms. The minimum Gasteiger partial charge on any atom is -0.369 e. The van der Waals surface area contributed by atoms with Crippen molar-refractivity contribution in [3.8, 4) is 11.1 Å². The highest BCUT2D eigenvalue weighted by atomic mass is 35.5. The summed E-state index contributed by atoms with van der Waals surface area (Å²) in [5.41, 5.74) is 18.5. The largest absolute Gasteiger partial charge is 0.369 e. The number of nitrogens with one attached hydrogen (secondary N) is 2. The predicted octanol–water partition coefficient (Wildman–Crippen LogP) is 1.78. The van der Waals surface area contributed by atoms with E-state index in [1.54, 1.807) is 18.2 Å². The lowest BCUT2D eigenvalue weighted by Gasteiger charge is -2.21. The lowest BCUT2D eigenvalue weighted by Crippen LogP contribution is -2.50. The van der Waals surface area contributed by atoms with Gasteiger partial charge in [0, 0.05) is 16.1 Å². The van der Waals surface area contributed by atoms with Crippen molar-refractivity contribution in [2.75, 3.05) is 0 Å². The highest BCUT2D eigenvalue weighted by molar-refractivity contribution is 6.33. The van der Waals surface area contributed by atoms with Crippen molar-refractivity contribution in [3.05, 3.63) is 58.6 Å². The van der Waals surface area contributed by atoms with Crippen molar-refractivity contribution in [3.63, 3.8) is 0 Å². The van der Waals surface area contributed by atoms with E-state index in [9.17, 15) is 8.78 Å². The Hall–Kier alpha value is -2.22. The van der Waals surface area contributed by atoms with Crippen molar-refractivity contribution in [1.82, 2.24) is 10.9 Å². The lowest BCUT2D eigenvalue weighted by molar-refractivity contribution is 0.375. The van der Waals surface area contributed by atoms with Crippen molar-refractivity contribution in [2.45, 2.75) is 5.79 Å². The molecular formula is C14H12ClF2N5. The summed E-state index contributed by atoms with van der Waals surface area (Å²) in [6.07, 6.45) is 0. The van der Waals surface area contributed by atoms with Crippen LogP contribution in [-0.2, 0) is 5.79 Å². The fraction of sp³-hybridized carbons (Fsp3) is 0.0714. The van der Waals surface area contributed by atoms with Gasteiger partial charge >= 0.3 is 0 Å². The molecule has 1 atom stereocenters. The van der Waals surface area contributed by atoms with Gasteiger partial charge in [-0.25, -0.2) is 13.8 Å². The number of aliphatic imine (C=N–C) groups is 1. The zero-order valence-corrected chi connectivity index (χ0v) is 12.0. The van der Waals surface area contributed by atoms with Crippen LogP contribution < -0.4 is 22.3 Å². The van der Waals surface area contributed by atoms with Crippen LogP contribution in [0.4, 0.5) is 8.78 Å². The number of guanidine groups is 1. The third-order valence-corrected chi connectivity index (χ3v) is 3.63. The summed E-state index contributed by atoms with van der Waals surface area (Å²) in [5, 5.41) is 0.329. The van der Waals surface area contributed by atoms with Crippen LogP contribution in [0.5, 0.6) is 0 Å². The molecule has 2 aromatic carbocycles. The zero-order valence-electron chi connectivity index (χ0n) is 11.2. The van der Waals surface area contributed by atoms with Gasteiger partial charge in [-0.1, -0.05) is 29.8 Å². The lowest BCUT2D eigenvalue weighted by atomic mass is 10.0. The zero-order chi connectivity index (χ0) is 15.9. The molecule has 0 aromatic heterocycles. The third kappa shape index (κ3) is 2.50. The Bertz CT molecular complexity index is 780. The average molecular weight is 324 g/mol. The number of hydrazine groups is 1. The molecule has 1 heterocycles. The van der Waals surface area contributed by atoms with Crippen molar-refractivity contribution in [2.24, 2.45) is 16.5 Å². The Morgan fingerprint density at radius 1 is 1.09 bits per heavy atom. The van der Waals surface area contributed by atoms with Crippen molar-refractivity contribution in [1.29, 1.82) is 0 Å². The van der Waals surface area contributed by atoms with Gasteiger partial charge in [-0.2, -0.15) is 5.43 Å². The molecular weight excluding hydrogens is 312 g/mol. The quantitative estimate of drug-likeness (QED) is 0.678. The summed E-state index contributed by atoms with van der Waals surface area (Å²) in [6.45, 7) is 0. The van der Waals surface area contributed by atoms with Gasteiger partial charge in [-0.15, -0.1) is 0 Å². The molecule has 0 saturated heterocycles. The van der Waals surface area contributed by atoms with Crippen molar-refractivity contribution >= 4 is 17.6 Å². The van der Waals surface area contributed by atoms with E-state index in [2.05, 4.69) is 15.8 Å². The molecule has 1 aliphatic heterocycles. The summed E-state index contributed by atoms with van der Waals surface area (Å²) < 4.78 is 26.3. The summed E-state index contributed by atoms with van der Waals surface area (Å²) in [6, 6.07) is 8.51. The van der Waals surface area contributed by atoms with Crippen molar-refractivity contribution < 1.29 is 8.78 Å². The number of benzene rings is 2. The SMILES string of the molecule is NC1=NC(N)(c2ccc(-c3ccc(F)c(F)c3)c(Cl)c2)NN1. The topological polar surface area (TPSA) is 88.5 Å². The third-order valence-electron chi connectivity index (χ3n) is 3.32. The number of hydrogen-bond donors (Lipinski definition) is 4. The second-order valence-corrected chi connectivity index (χ2v) is 5.24. The molecule has 22 heavy (non-hydrogen) atoms. The number of halogens is 3. The van der Waals surface area contributed by atoms with Crippen LogP contribution in [0.1, 0.15) is 5.56 Å². The van der Waals surface area contributed by atoms with Gasteiger partial charge in [0.15, 0.2) is 11.6 Å². The van der Waals surface area contributed by atoms with E-state index >= 15 is 0 Å². The molecule has 0 amide bonds. The fourth-order valence-electron chi connectivity index (χ4n) is 2.19. The van der Waals surface area contributed by atoms with Gasteiger partial charge in [0.25, 0.3) is 0 Å². The van der Waals surface area contributed by atoms with Gasteiger partial charge in [0.2, 0.25) is 11.7 Å². The van der Waals surface area contributed by atoms with E-state index in [0.717, 1.165) is 12.1 Å². The van der Waals surface area contributed by atoms with E-state index in [4.69, 9.17) is 23.1 Å². The highest BCUT2D eigenvalue weighted by Crippen LogP contribution is 2.32. The first-order valence-corrected chi connectivity index (χ1v) is 6.70. The molecule has 0 radical (unpaired) electrons. The first-order chi connectivity index (χ1) is 10.4. The molecule has 0 saturated carbocycles. The highest BCUT2D eigenvalue weighted by Gasteiger charge is 2.31. The van der Waals surface area contributed by atoms with Crippen LogP contribution in [-0.4, -0.2) is 5.96 Å². The number of hydrogen-bond acceptors (Lipinski definition) is 5. The maximum Gasteiger partial charge on any atom is 0.209 e. The average Bonchev–Trinajstić information content (AvgIpc) is 2.83. The Balaban J connectivity index is 2.01. The van der Waals surface area contributed by atoms with Crippen LogP contribution in [0.15, 0.2) is 41.4 Å². The van der Waals surface area contributed by atoms with E-state index < -0.39 is 17.4 Å². The Labute approximate surface area is 129 Å². The maximum atomic E-state index is 13.3. The number of rotatable bonds is 2. The van der Waals surface area contributed by atoms with Gasteiger partial charge < -0.3 is 5.73 Å². The van der Waals surface area contributed by atoms with Gasteiger partial charge in [0.1, 0.15) is 0 Å². The Morgan fingerprint density at radius 2 is 1.86 bits per heavy atom. The number of nitrogens with two attached hydrogens (primary N) is 2. The predicted molar refractivity (Wildman–Crippen MR) is 80.6 cm³/mol. The monoisotopic (exact) mass is 323 g/mol. The van der Waals surface area contributed by atoms with Crippen LogP contribution in [0.3, 0.4) is 0 Å². The van der Waals surface area contributed by atoms with Crippen LogP contribution in [0.2, 0.25) is 5.02 Å². The molecule has 0 aliphatic carbocycles. The molecule has 2 aromatic rings. The van der Waals surface area contributed by atoms with Crippen LogP contribution in [0.25, 0.3) is 11.1 Å². The van der Waals surface area contributed by atoms with E-state index in [1.165, 1.54) is 6.07 Å². The van der Waals surface area contributed by atoms with Gasteiger partial charge in [-0.3, -0.25) is 11.2 Å². The molecule has 3 rings (SSSR count). The minimum atomic E-state index is -1.24. The van der Waals surface area contributed by atoms with E-state index in [-0.39, 0.29) is 5.96 Å². The molecule has 0 fully saturated rings. The molecule has 1 aliphatic rings. The molecule has 8 heteroatoms. The van der Waals surface area contributed by atoms with Gasteiger partial charge in [-0.05, 0) is 23.8 Å². The molecule has 5 nitrogen and oxygen atoms in total. The van der Waals surface area contributed by atoms with Crippen LogP contribution in [0, 0.1) is 11.6 Å². The first-order valence-electron chi connectivity index (χ1n) is 6.32. The summed E-state index contributed by atoms with van der Waals surface area (Å²) in [7, 11) is 0. The fourth-order valence-corrected chi connectivity index (χ4v) is 2.48. The second kappa shape index (κ2) is 5.20. The molecule has 0 spiro atoms. The van der Waals surface area contributed by atoms with E-state index in [0.29, 0.717) is 21.7 Å². The molecule has 114 valence electrons. The Morgan fingerprint density at radius 3 is 2.45 bits per heavy atom. The Kier molecular flexibility index (Phi) is 3.48. The van der Waals surface area contributed by atoms with E-state index in [1.807, 2.05) is 0 Å². The number of nitrogens with zero attached hydrogens (tertiary/aromatic N) is 1. The summed E-state index contributed by atoms with van der Waals surface area (Å²) in [5.74, 6) is -2.93. The second-order valence-electron chi connectivity index (χ2n) is 4.84.